The van der Waals surface area contributed by atoms with Crippen LogP contribution in [0.1, 0.15) is 39.2 Å². The summed E-state index contributed by atoms with van der Waals surface area (Å²) in [6, 6.07) is 4.59. The van der Waals surface area contributed by atoms with Gasteiger partial charge < -0.3 is 10.3 Å². The van der Waals surface area contributed by atoms with E-state index in [-0.39, 0.29) is 11.7 Å². The first-order valence-corrected chi connectivity index (χ1v) is 7.02. The molecule has 4 heteroatoms. The van der Waals surface area contributed by atoms with Crippen molar-refractivity contribution in [1.29, 1.82) is 0 Å². The zero-order valence-corrected chi connectivity index (χ0v) is 12.2. The topological polar surface area (TPSA) is 44.9 Å². The van der Waals surface area contributed by atoms with Crippen LogP contribution in [0.5, 0.6) is 0 Å². The number of benzene rings is 1. The van der Waals surface area contributed by atoms with Gasteiger partial charge in [0.05, 0.1) is 5.41 Å². The van der Waals surface area contributed by atoms with E-state index < -0.39 is 5.41 Å². The second kappa shape index (κ2) is 5.65. The van der Waals surface area contributed by atoms with Gasteiger partial charge in [0.2, 0.25) is 5.91 Å². The molecule has 0 spiro atoms. The van der Waals surface area contributed by atoms with Crippen molar-refractivity contribution >= 4 is 16.8 Å². The third kappa shape index (κ3) is 2.69. The average Bonchev–Trinajstić information content (AvgIpc) is 2.82. The number of carbonyl (C=O) groups is 1. The predicted molar refractivity (Wildman–Crippen MR) is 79.2 cm³/mol. The van der Waals surface area contributed by atoms with Gasteiger partial charge in [0.15, 0.2) is 0 Å². The van der Waals surface area contributed by atoms with Crippen molar-refractivity contribution in [2.75, 3.05) is 6.54 Å². The molecule has 1 aromatic heterocycles. The summed E-state index contributed by atoms with van der Waals surface area (Å²) in [4.78, 5) is 15.4. The number of hydrogen-bond donors (Lipinski definition) is 2. The fourth-order valence-corrected chi connectivity index (χ4v) is 2.34. The summed E-state index contributed by atoms with van der Waals surface area (Å²) in [7, 11) is 0. The van der Waals surface area contributed by atoms with Crippen LogP contribution in [-0.4, -0.2) is 17.4 Å². The molecule has 2 aromatic rings. The number of nitrogens with one attached hydrogen (secondary N) is 2. The average molecular weight is 276 g/mol. The fourth-order valence-electron chi connectivity index (χ4n) is 2.34. The normalized spacial score (nSPS) is 11.8. The number of fused-ring (bicyclic) bond motifs is 1. The number of aromatic nitrogens is 1. The summed E-state index contributed by atoms with van der Waals surface area (Å²) in [5, 5.41) is 3.85. The highest BCUT2D eigenvalue weighted by molar-refractivity contribution is 5.94. The molecule has 0 radical (unpaired) electrons. The molecular weight excluding hydrogens is 255 g/mol. The van der Waals surface area contributed by atoms with E-state index in [0.29, 0.717) is 6.54 Å². The second-order valence-electron chi connectivity index (χ2n) is 5.63. The number of aromatic amines is 1. The zero-order chi connectivity index (χ0) is 14.8. The Morgan fingerprint density at radius 3 is 2.85 bits per heavy atom. The Bertz CT molecular complexity index is 616. The van der Waals surface area contributed by atoms with Gasteiger partial charge in [0.1, 0.15) is 5.82 Å². The van der Waals surface area contributed by atoms with Crippen LogP contribution in [0, 0.1) is 5.82 Å². The standard InChI is InChI=1S/C16H21FN2O/c1-4-5-8-18-15(20)16(2,3)13-10-19-14-9-11(17)6-7-12(13)14/h6-7,9-10,19H,4-5,8H2,1-3H3,(H,18,20). The minimum absolute atomic E-state index is 0.00354. The summed E-state index contributed by atoms with van der Waals surface area (Å²) in [5.74, 6) is -0.285. The highest BCUT2D eigenvalue weighted by atomic mass is 19.1. The number of rotatable bonds is 5. The molecule has 0 saturated carbocycles. The SMILES string of the molecule is CCCCNC(=O)C(C)(C)c1c[nH]c2cc(F)ccc12. The van der Waals surface area contributed by atoms with Crippen LogP contribution < -0.4 is 5.32 Å². The molecule has 108 valence electrons. The van der Waals surface area contributed by atoms with Crippen LogP contribution in [0.25, 0.3) is 10.9 Å². The zero-order valence-electron chi connectivity index (χ0n) is 12.2. The predicted octanol–water partition coefficient (Wildman–Crippen LogP) is 3.50. The number of hydrogen-bond acceptors (Lipinski definition) is 1. The molecule has 0 aliphatic heterocycles. The van der Waals surface area contributed by atoms with Crippen molar-refractivity contribution in [2.24, 2.45) is 0 Å². The van der Waals surface area contributed by atoms with Gasteiger partial charge in [-0.2, -0.15) is 0 Å². The van der Waals surface area contributed by atoms with Crippen LogP contribution in [0.2, 0.25) is 0 Å². The fraction of sp³-hybridized carbons (Fsp3) is 0.438. The molecule has 0 unspecified atom stereocenters. The van der Waals surface area contributed by atoms with Crippen LogP contribution in [0.3, 0.4) is 0 Å². The molecule has 0 fully saturated rings. The van der Waals surface area contributed by atoms with Gasteiger partial charge in [-0.25, -0.2) is 4.39 Å². The third-order valence-electron chi connectivity index (χ3n) is 3.70. The Kier molecular flexibility index (Phi) is 4.12. The van der Waals surface area contributed by atoms with Crippen LogP contribution in [0.4, 0.5) is 4.39 Å². The molecule has 1 heterocycles. The molecular formula is C16H21FN2O. The maximum absolute atomic E-state index is 13.2. The quantitative estimate of drug-likeness (QED) is 0.807. The van der Waals surface area contributed by atoms with E-state index in [1.54, 1.807) is 12.3 Å². The number of amides is 1. The van der Waals surface area contributed by atoms with E-state index in [1.165, 1.54) is 12.1 Å². The lowest BCUT2D eigenvalue weighted by molar-refractivity contribution is -0.125. The van der Waals surface area contributed by atoms with Crippen molar-refractivity contribution in [1.82, 2.24) is 10.3 Å². The maximum Gasteiger partial charge on any atom is 0.230 e. The number of halogens is 1. The van der Waals surface area contributed by atoms with Gasteiger partial charge in [0.25, 0.3) is 0 Å². The highest BCUT2D eigenvalue weighted by Gasteiger charge is 2.31. The number of unbranched alkanes of at least 4 members (excludes halogenated alkanes) is 1. The van der Waals surface area contributed by atoms with Crippen LogP contribution >= 0.6 is 0 Å². The summed E-state index contributed by atoms with van der Waals surface area (Å²) in [6.45, 7) is 6.56. The van der Waals surface area contributed by atoms with Gasteiger partial charge in [-0.05, 0) is 44.0 Å². The third-order valence-corrected chi connectivity index (χ3v) is 3.70. The van der Waals surface area contributed by atoms with Gasteiger partial charge in [0, 0.05) is 23.6 Å². The summed E-state index contributed by atoms with van der Waals surface area (Å²) < 4.78 is 13.2. The minimum atomic E-state index is -0.649. The molecule has 0 atom stereocenters. The molecule has 1 amide bonds. The minimum Gasteiger partial charge on any atom is -0.361 e. The lowest BCUT2D eigenvalue weighted by Crippen LogP contribution is -2.40. The monoisotopic (exact) mass is 276 g/mol. The molecule has 0 aliphatic carbocycles. The Morgan fingerprint density at radius 1 is 1.40 bits per heavy atom. The van der Waals surface area contributed by atoms with E-state index in [9.17, 15) is 9.18 Å². The lowest BCUT2D eigenvalue weighted by Gasteiger charge is -2.23. The Hall–Kier alpha value is -1.84. The Morgan fingerprint density at radius 2 is 2.15 bits per heavy atom. The van der Waals surface area contributed by atoms with Gasteiger partial charge in [-0.3, -0.25) is 4.79 Å². The van der Waals surface area contributed by atoms with E-state index >= 15 is 0 Å². The Labute approximate surface area is 118 Å². The molecule has 3 nitrogen and oxygen atoms in total. The van der Waals surface area contributed by atoms with Crippen LogP contribution in [0.15, 0.2) is 24.4 Å². The Balaban J connectivity index is 2.29. The van der Waals surface area contributed by atoms with Crippen molar-refractivity contribution in [2.45, 2.75) is 39.0 Å². The second-order valence-corrected chi connectivity index (χ2v) is 5.63. The first kappa shape index (κ1) is 14.6. The van der Waals surface area contributed by atoms with Gasteiger partial charge >= 0.3 is 0 Å². The molecule has 20 heavy (non-hydrogen) atoms. The summed E-state index contributed by atoms with van der Waals surface area (Å²) >= 11 is 0. The summed E-state index contributed by atoms with van der Waals surface area (Å²) in [6.07, 6.45) is 3.82. The van der Waals surface area contributed by atoms with Crippen molar-refractivity contribution in [3.05, 3.63) is 35.8 Å². The van der Waals surface area contributed by atoms with E-state index in [4.69, 9.17) is 0 Å². The highest BCUT2D eigenvalue weighted by Crippen LogP contribution is 2.31. The maximum atomic E-state index is 13.2. The van der Waals surface area contributed by atoms with Gasteiger partial charge in [-0.15, -0.1) is 0 Å². The molecule has 1 aromatic carbocycles. The number of carbonyl (C=O) groups excluding carboxylic acids is 1. The van der Waals surface area contributed by atoms with E-state index in [2.05, 4.69) is 17.2 Å². The first-order valence-electron chi connectivity index (χ1n) is 7.02. The number of H-pyrrole nitrogens is 1. The van der Waals surface area contributed by atoms with Crippen molar-refractivity contribution < 1.29 is 9.18 Å². The molecule has 0 bridgehead atoms. The van der Waals surface area contributed by atoms with E-state index in [0.717, 1.165) is 29.3 Å². The smallest absolute Gasteiger partial charge is 0.230 e. The molecule has 0 aliphatic rings. The van der Waals surface area contributed by atoms with E-state index in [1.807, 2.05) is 13.8 Å². The first-order chi connectivity index (χ1) is 9.46. The van der Waals surface area contributed by atoms with Crippen molar-refractivity contribution in [3.8, 4) is 0 Å². The molecule has 0 saturated heterocycles. The largest absolute Gasteiger partial charge is 0.361 e. The van der Waals surface area contributed by atoms with Crippen LogP contribution in [-0.2, 0) is 10.2 Å². The molecule has 2 N–H and O–H groups in total. The van der Waals surface area contributed by atoms with Gasteiger partial charge in [-0.1, -0.05) is 13.3 Å². The lowest BCUT2D eigenvalue weighted by atomic mass is 9.83. The summed E-state index contributed by atoms with van der Waals surface area (Å²) in [5.41, 5.74) is 0.958. The molecule has 2 rings (SSSR count). The van der Waals surface area contributed by atoms with Crippen molar-refractivity contribution in [3.63, 3.8) is 0 Å².